The monoisotopic (exact) mass is 214 g/mol. The minimum atomic E-state index is -0.0357. The Labute approximate surface area is 94.4 Å². The third-order valence-electron chi connectivity index (χ3n) is 2.73. The van der Waals surface area contributed by atoms with Gasteiger partial charge < -0.3 is 4.74 Å². The van der Waals surface area contributed by atoms with E-state index in [4.69, 9.17) is 4.74 Å². The van der Waals surface area contributed by atoms with Crippen LogP contribution in [0.25, 0.3) is 0 Å². The highest BCUT2D eigenvalue weighted by atomic mass is 16.5. The van der Waals surface area contributed by atoms with Crippen molar-refractivity contribution in [1.29, 1.82) is 0 Å². The first-order chi connectivity index (χ1) is 7.24. The van der Waals surface area contributed by atoms with Crippen molar-refractivity contribution in [2.45, 2.75) is 65.7 Å². The standard InChI is InChI=1S/C13H26O2/c1-4-7-8-10-12(6-3)11-15-13(14)9-5-2/h12H,4-11H2,1-3H3. The summed E-state index contributed by atoms with van der Waals surface area (Å²) in [6, 6.07) is 0. The van der Waals surface area contributed by atoms with Crippen molar-refractivity contribution in [3.8, 4) is 0 Å². The summed E-state index contributed by atoms with van der Waals surface area (Å²) in [7, 11) is 0. The summed E-state index contributed by atoms with van der Waals surface area (Å²) >= 11 is 0. The van der Waals surface area contributed by atoms with Crippen molar-refractivity contribution in [2.75, 3.05) is 6.61 Å². The van der Waals surface area contributed by atoms with Crippen molar-refractivity contribution in [2.24, 2.45) is 5.92 Å². The van der Waals surface area contributed by atoms with Crippen LogP contribution in [0.4, 0.5) is 0 Å². The lowest BCUT2D eigenvalue weighted by molar-refractivity contribution is -0.145. The molecule has 15 heavy (non-hydrogen) atoms. The number of esters is 1. The lowest BCUT2D eigenvalue weighted by Crippen LogP contribution is -2.13. The molecule has 0 radical (unpaired) electrons. The Hall–Kier alpha value is -0.530. The van der Waals surface area contributed by atoms with Gasteiger partial charge in [0.15, 0.2) is 0 Å². The molecule has 0 aromatic carbocycles. The van der Waals surface area contributed by atoms with Crippen LogP contribution in [0, 0.1) is 5.92 Å². The van der Waals surface area contributed by atoms with Crippen molar-refractivity contribution in [3.63, 3.8) is 0 Å². The number of carbonyl (C=O) groups excluding carboxylic acids is 1. The largest absolute Gasteiger partial charge is 0.465 e. The number of hydrogen-bond donors (Lipinski definition) is 0. The van der Waals surface area contributed by atoms with Gasteiger partial charge in [-0.05, 0) is 18.8 Å². The molecule has 0 aromatic heterocycles. The molecule has 0 rings (SSSR count). The minimum absolute atomic E-state index is 0.0357. The van der Waals surface area contributed by atoms with E-state index in [2.05, 4.69) is 13.8 Å². The van der Waals surface area contributed by atoms with Crippen LogP contribution in [0.3, 0.4) is 0 Å². The average Bonchev–Trinajstić information content (AvgIpc) is 2.23. The van der Waals surface area contributed by atoms with Crippen LogP contribution in [0.5, 0.6) is 0 Å². The van der Waals surface area contributed by atoms with Gasteiger partial charge in [-0.1, -0.05) is 46.5 Å². The Morgan fingerprint density at radius 1 is 1.13 bits per heavy atom. The van der Waals surface area contributed by atoms with E-state index in [0.29, 0.717) is 18.9 Å². The van der Waals surface area contributed by atoms with Crippen molar-refractivity contribution in [1.82, 2.24) is 0 Å². The van der Waals surface area contributed by atoms with E-state index in [0.717, 1.165) is 12.8 Å². The molecule has 0 fully saturated rings. The highest BCUT2D eigenvalue weighted by Crippen LogP contribution is 2.14. The highest BCUT2D eigenvalue weighted by molar-refractivity contribution is 5.69. The molecule has 0 bridgehead atoms. The lowest BCUT2D eigenvalue weighted by Gasteiger charge is -2.14. The van der Waals surface area contributed by atoms with E-state index in [1.165, 1.54) is 25.7 Å². The fraction of sp³-hybridized carbons (Fsp3) is 0.923. The predicted octanol–water partition coefficient (Wildman–Crippen LogP) is 3.94. The summed E-state index contributed by atoms with van der Waals surface area (Å²) in [6.07, 6.45) is 7.56. The van der Waals surface area contributed by atoms with E-state index in [9.17, 15) is 4.79 Å². The molecule has 0 aliphatic heterocycles. The minimum Gasteiger partial charge on any atom is -0.465 e. The zero-order valence-electron chi connectivity index (χ0n) is 10.6. The summed E-state index contributed by atoms with van der Waals surface area (Å²) in [5.41, 5.74) is 0. The summed E-state index contributed by atoms with van der Waals surface area (Å²) in [5.74, 6) is 0.531. The SMILES string of the molecule is CCCCCC(CC)COC(=O)CCC. The number of carbonyl (C=O) groups is 1. The molecule has 2 nitrogen and oxygen atoms in total. The maximum absolute atomic E-state index is 11.2. The first-order valence-corrected chi connectivity index (χ1v) is 6.40. The van der Waals surface area contributed by atoms with Crippen LogP contribution >= 0.6 is 0 Å². The molecule has 1 atom stereocenters. The maximum Gasteiger partial charge on any atom is 0.305 e. The second-order valence-electron chi connectivity index (χ2n) is 4.20. The highest BCUT2D eigenvalue weighted by Gasteiger charge is 2.09. The fourth-order valence-corrected chi connectivity index (χ4v) is 1.58. The molecule has 2 heteroatoms. The van der Waals surface area contributed by atoms with Gasteiger partial charge in [-0.25, -0.2) is 0 Å². The maximum atomic E-state index is 11.2. The van der Waals surface area contributed by atoms with Crippen LogP contribution in [-0.4, -0.2) is 12.6 Å². The molecule has 0 aromatic rings. The normalized spacial score (nSPS) is 12.5. The van der Waals surface area contributed by atoms with Gasteiger partial charge in [-0.2, -0.15) is 0 Å². The third-order valence-corrected chi connectivity index (χ3v) is 2.73. The summed E-state index contributed by atoms with van der Waals surface area (Å²) in [4.78, 5) is 11.2. The van der Waals surface area contributed by atoms with Crippen molar-refractivity contribution < 1.29 is 9.53 Å². The number of rotatable bonds is 9. The van der Waals surface area contributed by atoms with Gasteiger partial charge in [-0.15, -0.1) is 0 Å². The molecule has 0 saturated carbocycles. The summed E-state index contributed by atoms with van der Waals surface area (Å²) in [6.45, 7) is 7.01. The second-order valence-corrected chi connectivity index (χ2v) is 4.20. The van der Waals surface area contributed by atoms with Gasteiger partial charge in [0.05, 0.1) is 6.61 Å². The summed E-state index contributed by atoms with van der Waals surface area (Å²) in [5, 5.41) is 0. The van der Waals surface area contributed by atoms with Crippen molar-refractivity contribution in [3.05, 3.63) is 0 Å². The molecule has 90 valence electrons. The molecule has 0 aliphatic carbocycles. The van der Waals surface area contributed by atoms with Crippen molar-refractivity contribution >= 4 is 5.97 Å². The predicted molar refractivity (Wildman–Crippen MR) is 63.8 cm³/mol. The Morgan fingerprint density at radius 3 is 2.40 bits per heavy atom. The van der Waals surface area contributed by atoms with Crippen LogP contribution in [0.2, 0.25) is 0 Å². The van der Waals surface area contributed by atoms with Gasteiger partial charge in [-0.3, -0.25) is 4.79 Å². The van der Waals surface area contributed by atoms with Gasteiger partial charge >= 0.3 is 5.97 Å². The van der Waals surface area contributed by atoms with E-state index in [1.807, 2.05) is 6.92 Å². The quantitative estimate of drug-likeness (QED) is 0.429. The third kappa shape index (κ3) is 8.46. The number of unbranched alkanes of at least 4 members (excludes halogenated alkanes) is 2. The van der Waals surface area contributed by atoms with E-state index < -0.39 is 0 Å². The smallest absolute Gasteiger partial charge is 0.305 e. The van der Waals surface area contributed by atoms with Crippen LogP contribution in [-0.2, 0) is 9.53 Å². The molecular formula is C13H26O2. The number of ether oxygens (including phenoxy) is 1. The van der Waals surface area contributed by atoms with E-state index in [1.54, 1.807) is 0 Å². The second kappa shape index (κ2) is 10.0. The Morgan fingerprint density at radius 2 is 1.87 bits per heavy atom. The van der Waals surface area contributed by atoms with E-state index in [-0.39, 0.29) is 5.97 Å². The fourth-order valence-electron chi connectivity index (χ4n) is 1.58. The summed E-state index contributed by atoms with van der Waals surface area (Å²) < 4.78 is 5.23. The Balaban J connectivity index is 3.55. The molecule has 0 spiro atoms. The Bertz CT molecular complexity index is 155. The first-order valence-electron chi connectivity index (χ1n) is 6.40. The first kappa shape index (κ1) is 14.5. The van der Waals surface area contributed by atoms with Crippen LogP contribution in [0.15, 0.2) is 0 Å². The molecule has 0 amide bonds. The zero-order valence-corrected chi connectivity index (χ0v) is 10.6. The number of hydrogen-bond acceptors (Lipinski definition) is 2. The average molecular weight is 214 g/mol. The molecule has 0 saturated heterocycles. The van der Waals surface area contributed by atoms with Gasteiger partial charge in [0, 0.05) is 6.42 Å². The van der Waals surface area contributed by atoms with Gasteiger partial charge in [0.25, 0.3) is 0 Å². The molecule has 0 heterocycles. The van der Waals surface area contributed by atoms with Crippen LogP contribution in [0.1, 0.15) is 65.7 Å². The Kier molecular flexibility index (Phi) is 9.65. The molecule has 0 N–H and O–H groups in total. The van der Waals surface area contributed by atoms with E-state index >= 15 is 0 Å². The lowest BCUT2D eigenvalue weighted by atomic mass is 10.00. The molecular weight excluding hydrogens is 188 g/mol. The molecule has 1 unspecified atom stereocenters. The van der Waals surface area contributed by atoms with Crippen LogP contribution < -0.4 is 0 Å². The molecule has 0 aliphatic rings. The zero-order chi connectivity index (χ0) is 11.5. The van der Waals surface area contributed by atoms with Gasteiger partial charge in [0.1, 0.15) is 0 Å². The topological polar surface area (TPSA) is 26.3 Å². The van der Waals surface area contributed by atoms with Gasteiger partial charge in [0.2, 0.25) is 0 Å².